The van der Waals surface area contributed by atoms with Crippen molar-refractivity contribution < 1.29 is 80.2 Å². The maximum Gasteiger partial charge on any atom is 0.472 e. The summed E-state index contributed by atoms with van der Waals surface area (Å²) < 4.78 is 68.5. The molecule has 0 fully saturated rings. The Morgan fingerprint density at radius 2 is 0.495 bits per heavy atom. The second kappa shape index (κ2) is 64.7. The third kappa shape index (κ3) is 68.4. The molecular formula is C74H144O17P2. The van der Waals surface area contributed by atoms with Crippen molar-refractivity contribution in [3.05, 3.63) is 0 Å². The zero-order valence-electron chi connectivity index (χ0n) is 60.7. The third-order valence-corrected chi connectivity index (χ3v) is 19.0. The molecule has 0 aliphatic rings. The molecule has 0 heterocycles. The summed E-state index contributed by atoms with van der Waals surface area (Å²) in [6.45, 7) is 11.8. The zero-order valence-corrected chi connectivity index (χ0v) is 62.5. The van der Waals surface area contributed by atoms with E-state index >= 15 is 0 Å². The van der Waals surface area contributed by atoms with E-state index < -0.39 is 97.5 Å². The molecule has 3 N–H and O–H groups in total. The molecule has 0 aromatic carbocycles. The molecule has 5 atom stereocenters. The van der Waals surface area contributed by atoms with Crippen LogP contribution in [0.25, 0.3) is 0 Å². The fourth-order valence-electron chi connectivity index (χ4n) is 11.2. The first-order chi connectivity index (χ1) is 44.7. The van der Waals surface area contributed by atoms with Crippen LogP contribution in [-0.4, -0.2) is 96.7 Å². The van der Waals surface area contributed by atoms with Crippen molar-refractivity contribution in [3.8, 4) is 0 Å². The molecule has 19 heteroatoms. The first kappa shape index (κ1) is 91.1. The van der Waals surface area contributed by atoms with Crippen LogP contribution in [0.4, 0.5) is 0 Å². The lowest BCUT2D eigenvalue weighted by molar-refractivity contribution is -0.161. The van der Waals surface area contributed by atoms with Crippen LogP contribution in [0.15, 0.2) is 0 Å². The highest BCUT2D eigenvalue weighted by atomic mass is 31.2. The number of carbonyl (C=O) groups is 4. The lowest BCUT2D eigenvalue weighted by Crippen LogP contribution is -2.30. The van der Waals surface area contributed by atoms with Crippen LogP contribution in [0.3, 0.4) is 0 Å². The molecule has 93 heavy (non-hydrogen) atoms. The van der Waals surface area contributed by atoms with Crippen molar-refractivity contribution >= 4 is 39.5 Å². The van der Waals surface area contributed by atoms with Crippen molar-refractivity contribution in [1.82, 2.24) is 0 Å². The number of unbranched alkanes of at least 4 members (excludes halogenated alkanes) is 40. The van der Waals surface area contributed by atoms with E-state index in [4.69, 9.17) is 37.0 Å². The summed E-state index contributed by atoms with van der Waals surface area (Å²) in [5.74, 6) is 0.117. The van der Waals surface area contributed by atoms with Crippen molar-refractivity contribution in [2.45, 2.75) is 394 Å². The Hall–Kier alpha value is -1.94. The SMILES string of the molecule is CCCCCCCCCCCCCCCCCCC(=O)O[C@H](COC(=O)CCCCCCCCCCCCC(C)C)COP(=O)(O)OC[C@@H](O)COP(=O)(O)OC[C@@H](COC(=O)CCCCCCCCCCC(C)C)OC(=O)CCCCCCCCCCCCC(C)C. The average molecular weight is 1370 g/mol. The number of ether oxygens (including phenoxy) is 4. The maximum atomic E-state index is 13.1. The Kier molecular flexibility index (Phi) is 63.4. The highest BCUT2D eigenvalue weighted by molar-refractivity contribution is 7.47. The van der Waals surface area contributed by atoms with Crippen LogP contribution in [0, 0.1) is 17.8 Å². The second-order valence-corrected chi connectivity index (χ2v) is 31.0. The van der Waals surface area contributed by atoms with Crippen molar-refractivity contribution in [2.75, 3.05) is 39.6 Å². The highest BCUT2D eigenvalue weighted by Crippen LogP contribution is 2.45. The van der Waals surface area contributed by atoms with E-state index in [2.05, 4.69) is 48.5 Å². The number of hydrogen-bond acceptors (Lipinski definition) is 15. The Morgan fingerprint density at radius 1 is 0.290 bits per heavy atom. The summed E-state index contributed by atoms with van der Waals surface area (Å²) in [4.78, 5) is 72.7. The average Bonchev–Trinajstić information content (AvgIpc) is 1.70. The molecule has 0 aliphatic heterocycles. The summed E-state index contributed by atoms with van der Waals surface area (Å²) in [5, 5.41) is 10.6. The van der Waals surface area contributed by atoms with Gasteiger partial charge in [-0.3, -0.25) is 37.3 Å². The number of carbonyl (C=O) groups excluding carboxylic acids is 4. The van der Waals surface area contributed by atoms with E-state index in [9.17, 15) is 43.2 Å². The van der Waals surface area contributed by atoms with Gasteiger partial charge in [0.2, 0.25) is 0 Å². The van der Waals surface area contributed by atoms with Gasteiger partial charge >= 0.3 is 39.5 Å². The number of aliphatic hydroxyl groups is 1. The summed E-state index contributed by atoms with van der Waals surface area (Å²) in [7, 11) is -9.91. The minimum absolute atomic E-state index is 0.105. The van der Waals surface area contributed by atoms with Gasteiger partial charge in [-0.15, -0.1) is 0 Å². The van der Waals surface area contributed by atoms with E-state index in [1.807, 2.05) is 0 Å². The molecule has 0 aromatic rings. The van der Waals surface area contributed by atoms with Gasteiger partial charge in [0.25, 0.3) is 0 Å². The quantitative estimate of drug-likeness (QED) is 0.0222. The fraction of sp³-hybridized carbons (Fsp3) is 0.946. The smallest absolute Gasteiger partial charge is 0.462 e. The van der Waals surface area contributed by atoms with Crippen LogP contribution in [0.1, 0.15) is 376 Å². The van der Waals surface area contributed by atoms with Crippen LogP contribution in [-0.2, 0) is 65.4 Å². The summed E-state index contributed by atoms with van der Waals surface area (Å²) in [6.07, 6.45) is 49.9. The van der Waals surface area contributed by atoms with Crippen molar-refractivity contribution in [2.24, 2.45) is 17.8 Å². The Morgan fingerprint density at radius 3 is 0.731 bits per heavy atom. The number of phosphoric acid groups is 2. The van der Waals surface area contributed by atoms with Crippen LogP contribution in [0.5, 0.6) is 0 Å². The molecule has 2 unspecified atom stereocenters. The Bertz CT molecular complexity index is 1820. The summed E-state index contributed by atoms with van der Waals surface area (Å²) in [5.41, 5.74) is 0. The maximum absolute atomic E-state index is 13.1. The Labute approximate surface area is 568 Å². The van der Waals surface area contributed by atoms with Gasteiger partial charge in [0, 0.05) is 25.7 Å². The molecule has 17 nitrogen and oxygen atoms in total. The topological polar surface area (TPSA) is 237 Å². The largest absolute Gasteiger partial charge is 0.472 e. The van der Waals surface area contributed by atoms with Gasteiger partial charge in [-0.1, -0.05) is 325 Å². The normalized spacial score (nSPS) is 14.1. The van der Waals surface area contributed by atoms with E-state index in [0.717, 1.165) is 108 Å². The lowest BCUT2D eigenvalue weighted by atomic mass is 10.0. The number of rotatable bonds is 72. The number of hydrogen-bond donors (Lipinski definition) is 3. The summed E-state index contributed by atoms with van der Waals surface area (Å²) in [6, 6.07) is 0. The second-order valence-electron chi connectivity index (χ2n) is 28.1. The number of aliphatic hydroxyl groups excluding tert-OH is 1. The lowest BCUT2D eigenvalue weighted by Gasteiger charge is -2.21. The van der Waals surface area contributed by atoms with Crippen molar-refractivity contribution in [3.63, 3.8) is 0 Å². The molecule has 0 spiro atoms. The zero-order chi connectivity index (χ0) is 68.7. The van der Waals surface area contributed by atoms with Gasteiger partial charge in [-0.25, -0.2) is 9.13 Å². The molecule has 0 radical (unpaired) electrons. The van der Waals surface area contributed by atoms with E-state index in [-0.39, 0.29) is 25.7 Å². The fourth-order valence-corrected chi connectivity index (χ4v) is 12.8. The molecule has 0 aromatic heterocycles. The van der Waals surface area contributed by atoms with E-state index in [0.29, 0.717) is 25.7 Å². The molecular weight excluding hydrogens is 1220 g/mol. The molecule has 0 bridgehead atoms. The standard InChI is InChI=1S/C74H144O17P2/c1-8-9-10-11-12-13-14-15-16-17-18-19-27-36-43-50-57-73(78)90-69(61-84-71(76)55-48-41-34-26-22-20-24-31-38-45-52-65(2)3)63-88-92(80,81)86-59-68(75)60-87-93(82,83)89-64-70(62-85-72(77)56-49-42-35-30-29-33-40-47-54-67(6)7)91-74(79)58-51-44-37-28-23-21-25-32-39-46-53-66(4)5/h65-70,75H,8-64H2,1-7H3,(H,80,81)(H,82,83)/t68-,69-,70-/m1/s1. The van der Waals surface area contributed by atoms with Crippen LogP contribution < -0.4 is 0 Å². The molecule has 0 aliphatic carbocycles. The van der Waals surface area contributed by atoms with Gasteiger partial charge in [-0.2, -0.15) is 0 Å². The van der Waals surface area contributed by atoms with Crippen molar-refractivity contribution in [1.29, 1.82) is 0 Å². The Balaban J connectivity index is 5.26. The minimum atomic E-state index is -4.96. The van der Waals surface area contributed by atoms with Gasteiger partial charge in [0.05, 0.1) is 26.4 Å². The monoisotopic (exact) mass is 1370 g/mol. The molecule has 0 amide bonds. The number of phosphoric ester groups is 2. The van der Waals surface area contributed by atoms with Crippen LogP contribution in [0.2, 0.25) is 0 Å². The summed E-state index contributed by atoms with van der Waals surface area (Å²) >= 11 is 0. The molecule has 0 saturated heterocycles. The predicted octanol–water partition coefficient (Wildman–Crippen LogP) is 21.4. The van der Waals surface area contributed by atoms with Crippen LogP contribution >= 0.6 is 15.6 Å². The van der Waals surface area contributed by atoms with Gasteiger partial charge in [-0.05, 0) is 43.4 Å². The van der Waals surface area contributed by atoms with Gasteiger partial charge in [0.15, 0.2) is 12.2 Å². The molecule has 552 valence electrons. The predicted molar refractivity (Wildman–Crippen MR) is 377 cm³/mol. The molecule has 0 saturated carbocycles. The number of esters is 4. The first-order valence-electron chi connectivity index (χ1n) is 38.3. The van der Waals surface area contributed by atoms with E-state index in [1.165, 1.54) is 186 Å². The third-order valence-electron chi connectivity index (χ3n) is 17.1. The van der Waals surface area contributed by atoms with E-state index in [1.54, 1.807) is 0 Å². The first-order valence-corrected chi connectivity index (χ1v) is 41.3. The van der Waals surface area contributed by atoms with Gasteiger partial charge < -0.3 is 33.8 Å². The van der Waals surface area contributed by atoms with Gasteiger partial charge in [0.1, 0.15) is 19.3 Å². The molecule has 0 rings (SSSR count). The minimum Gasteiger partial charge on any atom is -0.462 e. The highest BCUT2D eigenvalue weighted by Gasteiger charge is 2.30.